The highest BCUT2D eigenvalue weighted by Crippen LogP contribution is 2.35. The average Bonchev–Trinajstić information content (AvgIpc) is 3.79. The highest BCUT2D eigenvalue weighted by atomic mass is 19.1. The number of carbonyl (C=O) groups is 5. The van der Waals surface area contributed by atoms with Crippen molar-refractivity contribution in [2.24, 2.45) is 0 Å². The minimum Gasteiger partial charge on any atom is -0.485 e. The fourth-order valence-corrected chi connectivity index (χ4v) is 8.82. The van der Waals surface area contributed by atoms with Gasteiger partial charge in [0.25, 0.3) is 11.8 Å². The number of ketones is 1. The van der Waals surface area contributed by atoms with Crippen LogP contribution in [-0.4, -0.2) is 154 Å². The molecule has 3 fully saturated rings. The number of nitrogens with zero attached hydrogens (tertiary/aromatic N) is 5. The average molecular weight is 841 g/mol. The summed E-state index contributed by atoms with van der Waals surface area (Å²) in [6, 6.07) is 18.2. The Morgan fingerprint density at radius 3 is 2.31 bits per heavy atom. The van der Waals surface area contributed by atoms with Crippen LogP contribution in [0.3, 0.4) is 0 Å². The van der Waals surface area contributed by atoms with E-state index in [1.54, 1.807) is 18.2 Å². The summed E-state index contributed by atoms with van der Waals surface area (Å²) in [6.45, 7) is 10.6. The number of piperazine rings is 1. The molecule has 1 N–H and O–H groups in total. The van der Waals surface area contributed by atoms with Crippen LogP contribution in [0.25, 0.3) is 0 Å². The number of hydrogen-bond donors (Lipinski definition) is 1. The molecule has 0 aliphatic carbocycles. The summed E-state index contributed by atoms with van der Waals surface area (Å²) < 4.78 is 31.8. The molecule has 326 valence electrons. The number of rotatable bonds is 19. The zero-order valence-electron chi connectivity index (χ0n) is 35.4. The van der Waals surface area contributed by atoms with Gasteiger partial charge in [0.2, 0.25) is 11.8 Å². The Balaban J connectivity index is 0.743. The monoisotopic (exact) mass is 840 g/mol. The summed E-state index contributed by atoms with van der Waals surface area (Å²) in [5.74, 6) is -2.32. The zero-order valence-corrected chi connectivity index (χ0v) is 35.4. The van der Waals surface area contributed by atoms with Crippen molar-refractivity contribution in [2.75, 3.05) is 97.8 Å². The number of hydrogen-bond acceptors (Lipinski definition) is 12. The number of likely N-dealkylation sites (tertiary alicyclic amines) is 1. The van der Waals surface area contributed by atoms with Gasteiger partial charge in [0.15, 0.2) is 5.78 Å². The van der Waals surface area contributed by atoms with Gasteiger partial charge in [-0.3, -0.25) is 44.0 Å². The Morgan fingerprint density at radius 1 is 0.852 bits per heavy atom. The zero-order chi connectivity index (χ0) is 43.0. The molecule has 14 nitrogen and oxygen atoms in total. The Labute approximate surface area is 356 Å². The molecule has 0 radical (unpaired) electrons. The molecule has 3 atom stereocenters. The maximum Gasteiger partial charge on any atom is 0.266 e. The minimum atomic E-state index is -1.08. The van der Waals surface area contributed by atoms with Crippen LogP contribution in [0.5, 0.6) is 5.75 Å². The van der Waals surface area contributed by atoms with E-state index < -0.39 is 29.7 Å². The lowest BCUT2D eigenvalue weighted by atomic mass is 9.93. The first kappa shape index (κ1) is 44.0. The molecule has 0 bridgehead atoms. The first-order chi connectivity index (χ1) is 29.5. The lowest BCUT2D eigenvalue weighted by Gasteiger charge is -2.36. The fourth-order valence-electron chi connectivity index (χ4n) is 8.82. The first-order valence-corrected chi connectivity index (χ1v) is 21.3. The fraction of sp³-hybridized carbons (Fsp3) is 0.500. The molecular formula is C46H57FN6O8. The van der Waals surface area contributed by atoms with E-state index in [1.165, 1.54) is 23.4 Å². The van der Waals surface area contributed by atoms with Crippen LogP contribution in [0.1, 0.15) is 69.0 Å². The van der Waals surface area contributed by atoms with Gasteiger partial charge in [0.1, 0.15) is 24.2 Å². The highest BCUT2D eigenvalue weighted by Gasteiger charge is 2.46. The summed E-state index contributed by atoms with van der Waals surface area (Å²) in [6.07, 6.45) is 0.790. The van der Waals surface area contributed by atoms with Crippen LogP contribution in [-0.2, 0) is 30.4 Å². The summed E-state index contributed by atoms with van der Waals surface area (Å²) >= 11 is 0. The predicted molar refractivity (Wildman–Crippen MR) is 226 cm³/mol. The largest absolute Gasteiger partial charge is 0.485 e. The van der Waals surface area contributed by atoms with E-state index in [1.807, 2.05) is 13.0 Å². The van der Waals surface area contributed by atoms with Gasteiger partial charge in [-0.15, -0.1) is 0 Å². The van der Waals surface area contributed by atoms with E-state index in [2.05, 4.69) is 63.3 Å². The number of anilines is 1. The molecule has 7 rings (SSSR count). The number of aryl methyl sites for hydroxylation is 1. The standard InChI is InChI=1S/C46H57FN6O8/c1-31-7-4-10-38(47)36(31)27-51-28-37(40(29-51)49(2)3)32-12-14-33(15-13-32)52-20-18-50(19-21-52)22-24-60-26-25-59-23-6-8-34(54)30-61-41-11-5-9-35-43(41)46(58)53(45(35)57)39-16-17-42(55)48-44(39)56/h4-5,7,9-15,37,39-40H,6,8,16-30H2,1-3H3,(H,48,55,56)/t37-,39?,40+/m1/s1. The topological polar surface area (TPSA) is 141 Å². The van der Waals surface area contributed by atoms with Crippen molar-refractivity contribution in [1.29, 1.82) is 0 Å². The summed E-state index contributed by atoms with van der Waals surface area (Å²) in [7, 11) is 4.27. The molecule has 15 heteroatoms. The summed E-state index contributed by atoms with van der Waals surface area (Å²) in [4.78, 5) is 73.2. The number of amides is 4. The van der Waals surface area contributed by atoms with E-state index in [0.29, 0.717) is 51.4 Å². The second kappa shape index (κ2) is 20.2. The lowest BCUT2D eigenvalue weighted by molar-refractivity contribution is -0.136. The first-order valence-electron chi connectivity index (χ1n) is 21.3. The number of carbonyl (C=O) groups excluding carboxylic acids is 5. The Bertz CT molecular complexity index is 2050. The molecule has 0 saturated carbocycles. The van der Waals surface area contributed by atoms with Crippen molar-refractivity contribution in [3.63, 3.8) is 0 Å². The Morgan fingerprint density at radius 2 is 1.59 bits per heavy atom. The highest BCUT2D eigenvalue weighted by molar-refractivity contribution is 6.24. The number of piperidine rings is 1. The van der Waals surface area contributed by atoms with Crippen LogP contribution in [0.4, 0.5) is 10.1 Å². The maximum absolute atomic E-state index is 14.6. The molecule has 4 aliphatic heterocycles. The van der Waals surface area contributed by atoms with Gasteiger partial charge < -0.3 is 24.0 Å². The van der Waals surface area contributed by atoms with E-state index in [9.17, 15) is 28.4 Å². The molecule has 4 heterocycles. The van der Waals surface area contributed by atoms with Gasteiger partial charge in [-0.05, 0) is 75.3 Å². The number of nitrogens with one attached hydrogen (secondary N) is 1. The second-order valence-corrected chi connectivity index (χ2v) is 16.6. The van der Waals surface area contributed by atoms with Crippen LogP contribution >= 0.6 is 0 Å². The van der Waals surface area contributed by atoms with Gasteiger partial charge in [-0.25, -0.2) is 4.39 Å². The third-order valence-corrected chi connectivity index (χ3v) is 12.3. The van der Waals surface area contributed by atoms with Gasteiger partial charge in [-0.2, -0.15) is 0 Å². The molecule has 0 aromatic heterocycles. The van der Waals surface area contributed by atoms with Crippen LogP contribution in [0.2, 0.25) is 0 Å². The number of benzene rings is 3. The molecule has 3 aromatic carbocycles. The van der Waals surface area contributed by atoms with Gasteiger partial charge in [0.05, 0.1) is 30.9 Å². The Hall–Kier alpha value is -5.06. The minimum absolute atomic E-state index is 0.0126. The van der Waals surface area contributed by atoms with Crippen LogP contribution < -0.4 is 15.0 Å². The molecule has 4 aliphatic rings. The quantitative estimate of drug-likeness (QED) is 0.139. The number of imide groups is 2. The number of halogens is 1. The molecule has 3 aromatic rings. The van der Waals surface area contributed by atoms with Crippen LogP contribution in [0.15, 0.2) is 60.7 Å². The van der Waals surface area contributed by atoms with Crippen molar-refractivity contribution in [3.8, 4) is 5.75 Å². The molecular weight excluding hydrogens is 784 g/mol. The van der Waals surface area contributed by atoms with Crippen molar-refractivity contribution in [2.45, 2.75) is 57.2 Å². The van der Waals surface area contributed by atoms with Gasteiger partial charge >= 0.3 is 0 Å². The Kier molecular flexibility index (Phi) is 14.6. The molecule has 61 heavy (non-hydrogen) atoms. The van der Waals surface area contributed by atoms with E-state index in [0.717, 1.165) is 61.8 Å². The van der Waals surface area contributed by atoms with Crippen molar-refractivity contribution in [1.82, 2.24) is 24.9 Å². The summed E-state index contributed by atoms with van der Waals surface area (Å²) in [5, 5.41) is 2.18. The van der Waals surface area contributed by atoms with Crippen LogP contribution in [0, 0.1) is 12.7 Å². The van der Waals surface area contributed by atoms with Crippen molar-refractivity contribution >= 4 is 35.1 Å². The number of fused-ring (bicyclic) bond motifs is 1. The van der Waals surface area contributed by atoms with Gasteiger partial charge in [-0.1, -0.05) is 30.3 Å². The van der Waals surface area contributed by atoms with E-state index >= 15 is 0 Å². The SMILES string of the molecule is Cc1cccc(F)c1CN1C[C@H](c2ccc(N3CCN(CCOCCOCCCC(=O)COc4cccc5c4C(=O)N(C4CCC(=O)NC4=O)C5=O)CC3)cc2)[C@@H](N(C)C)C1. The molecule has 0 spiro atoms. The lowest BCUT2D eigenvalue weighted by Crippen LogP contribution is -2.54. The molecule has 4 amide bonds. The van der Waals surface area contributed by atoms with E-state index in [4.69, 9.17) is 14.2 Å². The van der Waals surface area contributed by atoms with Crippen molar-refractivity contribution in [3.05, 3.63) is 94.3 Å². The maximum atomic E-state index is 14.6. The molecule has 1 unspecified atom stereocenters. The normalized spacial score (nSPS) is 21.1. The van der Waals surface area contributed by atoms with Crippen molar-refractivity contribution < 1.29 is 42.6 Å². The van der Waals surface area contributed by atoms with E-state index in [-0.39, 0.29) is 54.3 Å². The smallest absolute Gasteiger partial charge is 0.266 e. The second-order valence-electron chi connectivity index (χ2n) is 16.6. The summed E-state index contributed by atoms with van der Waals surface area (Å²) in [5.41, 5.74) is 4.46. The number of likely N-dealkylation sites (N-methyl/N-ethyl adjacent to an activating group) is 1. The van der Waals surface area contributed by atoms with Gasteiger partial charge in [0, 0.05) is 95.0 Å². The molecule has 3 saturated heterocycles. The third-order valence-electron chi connectivity index (χ3n) is 12.3. The number of Topliss-reactive ketones (excluding diaryl/α,β-unsaturated/α-hetero) is 1. The third kappa shape index (κ3) is 10.5. The predicted octanol–water partition coefficient (Wildman–Crippen LogP) is 3.65. The number of ether oxygens (including phenoxy) is 3.